The first kappa shape index (κ1) is 17.0. The zero-order chi connectivity index (χ0) is 15.3. The highest BCUT2D eigenvalue weighted by Crippen LogP contribution is 2.28. The molecule has 3 atom stereocenters. The van der Waals surface area contributed by atoms with E-state index >= 15 is 0 Å². The maximum Gasteiger partial charge on any atom is 0.136 e. The van der Waals surface area contributed by atoms with E-state index in [0.717, 1.165) is 12.0 Å². The van der Waals surface area contributed by atoms with Crippen LogP contribution in [0.2, 0.25) is 0 Å². The Hall–Kier alpha value is -1.02. The van der Waals surface area contributed by atoms with Gasteiger partial charge in [0.1, 0.15) is 4.75 Å². The van der Waals surface area contributed by atoms with Crippen LogP contribution in [-0.2, 0) is 11.4 Å². The fourth-order valence-electron chi connectivity index (χ4n) is 1.81. The molecule has 2 unspecified atom stereocenters. The normalized spacial score (nSPS) is 16.2. The first-order chi connectivity index (χ1) is 9.29. The van der Waals surface area contributed by atoms with E-state index in [-0.39, 0.29) is 10.8 Å². The molecule has 20 heavy (non-hydrogen) atoms. The van der Waals surface area contributed by atoms with Crippen LogP contribution >= 0.6 is 0 Å². The lowest BCUT2D eigenvalue weighted by Crippen LogP contribution is -2.42. The molecular weight excluding hydrogens is 268 g/mol. The molecule has 110 valence electrons. The summed E-state index contributed by atoms with van der Waals surface area (Å²) in [7, 11) is 0. The minimum atomic E-state index is -1.11. The highest BCUT2D eigenvalue weighted by atomic mass is 32.2. The van der Waals surface area contributed by atoms with E-state index in [9.17, 15) is 4.55 Å². The zero-order valence-electron chi connectivity index (χ0n) is 12.9. The molecule has 0 aliphatic carbocycles. The third-order valence-corrected chi connectivity index (χ3v) is 4.98. The lowest BCUT2D eigenvalue weighted by atomic mass is 9.93. The van der Waals surface area contributed by atoms with Gasteiger partial charge >= 0.3 is 0 Å². The second-order valence-electron chi connectivity index (χ2n) is 6.10. The Kier molecular flexibility index (Phi) is 6.07. The van der Waals surface area contributed by atoms with E-state index in [1.807, 2.05) is 45.0 Å². The highest BCUT2D eigenvalue weighted by molar-refractivity contribution is 7.90. The number of nitriles is 1. The van der Waals surface area contributed by atoms with Crippen molar-refractivity contribution in [1.29, 1.82) is 5.26 Å². The fraction of sp³-hybridized carbons (Fsp3) is 0.562. The number of hydrogen-bond acceptors (Lipinski definition) is 3. The van der Waals surface area contributed by atoms with Crippen molar-refractivity contribution < 1.29 is 4.55 Å². The predicted molar refractivity (Wildman–Crippen MR) is 84.4 cm³/mol. The molecule has 0 heterocycles. The molecule has 0 amide bonds. The first-order valence-corrected chi connectivity index (χ1v) is 8.12. The molecule has 1 aromatic carbocycles. The van der Waals surface area contributed by atoms with Gasteiger partial charge in [0.05, 0.1) is 17.7 Å². The van der Waals surface area contributed by atoms with Crippen molar-refractivity contribution in [1.82, 2.24) is 4.72 Å². The minimum Gasteiger partial charge on any atom is -0.598 e. The van der Waals surface area contributed by atoms with E-state index < -0.39 is 11.4 Å². The van der Waals surface area contributed by atoms with Gasteiger partial charge in [0.25, 0.3) is 0 Å². The molecule has 3 nitrogen and oxygen atoms in total. The van der Waals surface area contributed by atoms with Gasteiger partial charge in [-0.25, -0.2) is 0 Å². The van der Waals surface area contributed by atoms with E-state index in [0.29, 0.717) is 11.5 Å². The summed E-state index contributed by atoms with van der Waals surface area (Å²) in [5.41, 5.74) is 1.73. The Morgan fingerprint density at radius 1 is 1.30 bits per heavy atom. The third kappa shape index (κ3) is 4.52. The Balaban J connectivity index is 2.97. The van der Waals surface area contributed by atoms with Crippen LogP contribution < -0.4 is 4.72 Å². The molecule has 0 bridgehead atoms. The lowest BCUT2D eigenvalue weighted by Gasteiger charge is -2.30. The summed E-state index contributed by atoms with van der Waals surface area (Å²) in [6, 6.07) is 9.67. The molecule has 1 rings (SSSR count). The maximum absolute atomic E-state index is 12.3. The predicted octanol–water partition coefficient (Wildman–Crippen LogP) is 3.70. The average molecular weight is 292 g/mol. The standard InChI is InChI=1S/C16H24N2OS/c1-6-12(2)15(18-20(19)16(3,4)5)14-9-7-13(11-17)8-10-14/h7-10,12,15,18H,6H2,1-5H3/t12?,15-,20?/m0/s1. The van der Waals surface area contributed by atoms with E-state index in [4.69, 9.17) is 5.26 Å². The Morgan fingerprint density at radius 2 is 1.85 bits per heavy atom. The molecule has 0 aliphatic rings. The third-order valence-electron chi connectivity index (χ3n) is 3.40. The molecular formula is C16H24N2OS. The number of rotatable bonds is 5. The van der Waals surface area contributed by atoms with Crippen molar-refractivity contribution in [3.8, 4) is 6.07 Å². The van der Waals surface area contributed by atoms with Crippen LogP contribution in [0.4, 0.5) is 0 Å². The van der Waals surface area contributed by atoms with Gasteiger partial charge < -0.3 is 4.55 Å². The number of nitrogens with zero attached hydrogens (tertiary/aromatic N) is 1. The second kappa shape index (κ2) is 7.12. The van der Waals surface area contributed by atoms with Crippen LogP contribution in [0.15, 0.2) is 24.3 Å². The van der Waals surface area contributed by atoms with Gasteiger partial charge in [-0.05, 0) is 44.4 Å². The topological polar surface area (TPSA) is 58.9 Å². The smallest absolute Gasteiger partial charge is 0.136 e. The van der Waals surface area contributed by atoms with Gasteiger partial charge in [-0.1, -0.05) is 32.4 Å². The Labute approximate surface area is 125 Å². The van der Waals surface area contributed by atoms with Crippen LogP contribution in [0.5, 0.6) is 0 Å². The average Bonchev–Trinajstić information content (AvgIpc) is 2.42. The molecule has 0 fully saturated rings. The van der Waals surface area contributed by atoms with Gasteiger partial charge in [-0.2, -0.15) is 5.26 Å². The lowest BCUT2D eigenvalue weighted by molar-refractivity contribution is 0.414. The Bertz CT molecular complexity index is 459. The van der Waals surface area contributed by atoms with Crippen molar-refractivity contribution in [3.05, 3.63) is 35.4 Å². The Morgan fingerprint density at radius 3 is 2.25 bits per heavy atom. The maximum atomic E-state index is 12.3. The molecule has 4 heteroatoms. The SMILES string of the molecule is CCC(C)[C@H](N[S+]([O-])C(C)(C)C)c1ccc(C#N)cc1. The summed E-state index contributed by atoms with van der Waals surface area (Å²) in [6.45, 7) is 10.2. The molecule has 0 aromatic heterocycles. The van der Waals surface area contributed by atoms with Gasteiger partial charge in [0, 0.05) is 11.4 Å². The molecule has 0 saturated carbocycles. The van der Waals surface area contributed by atoms with E-state index in [2.05, 4.69) is 24.6 Å². The van der Waals surface area contributed by atoms with Gasteiger partial charge in [-0.15, -0.1) is 4.72 Å². The van der Waals surface area contributed by atoms with E-state index in [1.54, 1.807) is 0 Å². The van der Waals surface area contributed by atoms with Crippen LogP contribution in [-0.4, -0.2) is 9.30 Å². The van der Waals surface area contributed by atoms with Crippen molar-refractivity contribution in [3.63, 3.8) is 0 Å². The summed E-state index contributed by atoms with van der Waals surface area (Å²) in [6.07, 6.45) is 0.999. The zero-order valence-corrected chi connectivity index (χ0v) is 13.8. The van der Waals surface area contributed by atoms with Gasteiger partial charge in [0.15, 0.2) is 0 Å². The van der Waals surface area contributed by atoms with E-state index in [1.165, 1.54) is 0 Å². The summed E-state index contributed by atoms with van der Waals surface area (Å²) >= 11 is -1.11. The first-order valence-electron chi connectivity index (χ1n) is 6.97. The van der Waals surface area contributed by atoms with Crippen LogP contribution in [0.3, 0.4) is 0 Å². The quantitative estimate of drug-likeness (QED) is 0.842. The fourth-order valence-corrected chi connectivity index (χ4v) is 2.76. The van der Waals surface area contributed by atoms with Crippen LogP contribution in [0.1, 0.15) is 58.2 Å². The number of benzene rings is 1. The largest absolute Gasteiger partial charge is 0.598 e. The van der Waals surface area contributed by atoms with Crippen molar-refractivity contribution in [2.45, 2.75) is 51.8 Å². The number of nitrogens with one attached hydrogen (secondary N) is 1. The molecule has 0 aliphatic heterocycles. The summed E-state index contributed by atoms with van der Waals surface area (Å²) < 4.78 is 15.3. The van der Waals surface area contributed by atoms with Gasteiger partial charge in [-0.3, -0.25) is 0 Å². The minimum absolute atomic E-state index is 0.0350. The van der Waals surface area contributed by atoms with Crippen molar-refractivity contribution in [2.24, 2.45) is 5.92 Å². The molecule has 0 radical (unpaired) electrons. The monoisotopic (exact) mass is 292 g/mol. The summed E-state index contributed by atoms with van der Waals surface area (Å²) in [5.74, 6) is 0.370. The summed E-state index contributed by atoms with van der Waals surface area (Å²) in [5, 5.41) is 8.86. The molecule has 1 aromatic rings. The molecule has 0 spiro atoms. The molecule has 1 N–H and O–H groups in total. The van der Waals surface area contributed by atoms with Crippen LogP contribution in [0.25, 0.3) is 0 Å². The van der Waals surface area contributed by atoms with Crippen molar-refractivity contribution in [2.75, 3.05) is 0 Å². The van der Waals surface area contributed by atoms with Gasteiger partial charge in [0.2, 0.25) is 0 Å². The molecule has 0 saturated heterocycles. The van der Waals surface area contributed by atoms with Crippen LogP contribution in [0, 0.1) is 17.2 Å². The summed E-state index contributed by atoms with van der Waals surface area (Å²) in [4.78, 5) is 0. The highest BCUT2D eigenvalue weighted by Gasteiger charge is 2.31. The number of hydrogen-bond donors (Lipinski definition) is 1. The second-order valence-corrected chi connectivity index (χ2v) is 8.09. The van der Waals surface area contributed by atoms with Crippen molar-refractivity contribution >= 4 is 11.4 Å².